The molecule has 0 aliphatic heterocycles. The van der Waals surface area contributed by atoms with Crippen molar-refractivity contribution in [1.82, 2.24) is 0 Å². The summed E-state index contributed by atoms with van der Waals surface area (Å²) in [4.78, 5) is 36.5. The maximum atomic E-state index is 13.4. The van der Waals surface area contributed by atoms with Crippen LogP contribution in [0.25, 0.3) is 11.1 Å². The summed E-state index contributed by atoms with van der Waals surface area (Å²) in [5.41, 5.74) is 1.51. The van der Waals surface area contributed by atoms with Crippen molar-refractivity contribution in [3.8, 4) is 11.1 Å². The van der Waals surface area contributed by atoms with E-state index in [0.29, 0.717) is 23.4 Å². The molecule has 4 saturated carbocycles. The Morgan fingerprint density at radius 3 is 2.12 bits per heavy atom. The van der Waals surface area contributed by atoms with Crippen LogP contribution in [0.1, 0.15) is 59.2 Å². The zero-order valence-electron chi connectivity index (χ0n) is 21.9. The maximum Gasteiger partial charge on any atom is 0.337 e. The lowest BCUT2D eigenvalue weighted by Gasteiger charge is -2.57. The van der Waals surface area contributed by atoms with Crippen LogP contribution in [0.5, 0.6) is 0 Å². The fourth-order valence-corrected chi connectivity index (χ4v) is 7.61. The van der Waals surface area contributed by atoms with Gasteiger partial charge in [-0.15, -0.1) is 0 Å². The largest absolute Gasteiger partial charge is 0.478 e. The van der Waals surface area contributed by atoms with E-state index < -0.39 is 22.6 Å². The van der Waals surface area contributed by atoms with E-state index in [1.807, 2.05) is 0 Å². The summed E-state index contributed by atoms with van der Waals surface area (Å²) in [7, 11) is 0. The molecular formula is C31H30FN3O5. The first-order chi connectivity index (χ1) is 19.2. The first kappa shape index (κ1) is 26.0. The second-order valence-corrected chi connectivity index (χ2v) is 11.8. The number of amides is 1. The molecule has 3 aromatic carbocycles. The summed E-state index contributed by atoms with van der Waals surface area (Å²) in [5.74, 6) is -0.00775. The second kappa shape index (κ2) is 10.0. The number of nitrogens with one attached hydrogen (secondary N) is 2. The fraction of sp³-hybridized carbons (Fsp3) is 0.355. The van der Waals surface area contributed by atoms with Gasteiger partial charge in [0.2, 0.25) is 0 Å². The average molecular weight is 544 g/mol. The number of carbonyl (C=O) groups is 2. The molecule has 0 radical (unpaired) electrons. The Balaban J connectivity index is 1.22. The monoisotopic (exact) mass is 543 g/mol. The van der Waals surface area contributed by atoms with E-state index in [4.69, 9.17) is 0 Å². The Hall–Kier alpha value is -4.27. The maximum absolute atomic E-state index is 13.4. The Bertz CT molecular complexity index is 1470. The molecule has 1 amide bonds. The van der Waals surface area contributed by atoms with Gasteiger partial charge in [-0.25, -0.2) is 9.18 Å². The summed E-state index contributed by atoms with van der Waals surface area (Å²) < 4.78 is 13.4. The van der Waals surface area contributed by atoms with Gasteiger partial charge in [0.05, 0.1) is 16.2 Å². The van der Waals surface area contributed by atoms with Crippen LogP contribution >= 0.6 is 0 Å². The first-order valence-electron chi connectivity index (χ1n) is 13.6. The number of hydrogen-bond donors (Lipinski definition) is 3. The predicted octanol–water partition coefficient (Wildman–Crippen LogP) is 6.98. The van der Waals surface area contributed by atoms with Gasteiger partial charge < -0.3 is 15.7 Å². The summed E-state index contributed by atoms with van der Waals surface area (Å²) in [6.45, 7) is 0.682. The van der Waals surface area contributed by atoms with Crippen LogP contribution in [0.2, 0.25) is 0 Å². The Kier molecular flexibility index (Phi) is 6.52. The zero-order valence-corrected chi connectivity index (χ0v) is 21.9. The molecule has 40 heavy (non-hydrogen) atoms. The van der Waals surface area contributed by atoms with Gasteiger partial charge in [-0.05, 0) is 109 Å². The normalized spacial score (nSPS) is 24.5. The topological polar surface area (TPSA) is 122 Å². The Morgan fingerprint density at radius 2 is 1.52 bits per heavy atom. The molecule has 4 fully saturated rings. The number of aromatic carboxylic acids is 1. The summed E-state index contributed by atoms with van der Waals surface area (Å²) in [6.07, 6.45) is 7.47. The smallest absolute Gasteiger partial charge is 0.337 e. The molecular weight excluding hydrogens is 513 g/mol. The number of halogens is 1. The Morgan fingerprint density at radius 1 is 0.900 bits per heavy atom. The molecule has 3 aromatic rings. The molecule has 3 N–H and O–H groups in total. The number of benzene rings is 3. The minimum atomic E-state index is -1.24. The molecule has 7 rings (SSSR count). The standard InChI is InChI=1S/C31H30FN3O5/c32-24-5-1-21(2-6-24)22-3-7-25(30(37)38)27(12-22)34-29(36)23-4-8-26(28(13-23)35(39)40)33-17-31-14-18-9-19(15-31)11-20(10-18)16-31/h1-8,12-13,18-20,33H,9-11,14-17H2,(H,34,36)(H,37,38). The number of carboxylic acids is 1. The number of hydrogen-bond acceptors (Lipinski definition) is 5. The van der Waals surface area contributed by atoms with Gasteiger partial charge in [-0.3, -0.25) is 14.9 Å². The molecule has 0 aromatic heterocycles. The third-order valence-electron chi connectivity index (χ3n) is 8.95. The lowest BCUT2D eigenvalue weighted by Crippen LogP contribution is -2.49. The van der Waals surface area contributed by atoms with Crippen molar-refractivity contribution in [2.75, 3.05) is 17.2 Å². The molecule has 4 aliphatic rings. The van der Waals surface area contributed by atoms with Gasteiger partial charge in [0.25, 0.3) is 11.6 Å². The van der Waals surface area contributed by atoms with Crippen LogP contribution in [-0.4, -0.2) is 28.5 Å². The average Bonchev–Trinajstić information content (AvgIpc) is 2.91. The predicted molar refractivity (Wildman–Crippen MR) is 149 cm³/mol. The minimum Gasteiger partial charge on any atom is -0.478 e. The van der Waals surface area contributed by atoms with Crippen molar-refractivity contribution in [2.45, 2.75) is 38.5 Å². The van der Waals surface area contributed by atoms with Crippen molar-refractivity contribution in [2.24, 2.45) is 23.2 Å². The van der Waals surface area contributed by atoms with Gasteiger partial charge in [0.1, 0.15) is 11.5 Å². The molecule has 4 aliphatic carbocycles. The summed E-state index contributed by atoms with van der Waals surface area (Å²) in [6, 6.07) is 14.4. The molecule has 0 heterocycles. The van der Waals surface area contributed by atoms with Gasteiger partial charge >= 0.3 is 5.97 Å². The van der Waals surface area contributed by atoms with E-state index in [1.165, 1.54) is 74.9 Å². The Labute approximate surface area is 230 Å². The molecule has 4 bridgehead atoms. The third kappa shape index (κ3) is 5.03. The van der Waals surface area contributed by atoms with Crippen molar-refractivity contribution in [1.29, 1.82) is 0 Å². The van der Waals surface area contributed by atoms with Crippen molar-refractivity contribution < 1.29 is 24.0 Å². The highest BCUT2D eigenvalue weighted by atomic mass is 19.1. The quantitative estimate of drug-likeness (QED) is 0.208. The fourth-order valence-electron chi connectivity index (χ4n) is 7.61. The van der Waals surface area contributed by atoms with E-state index in [0.717, 1.165) is 17.8 Å². The van der Waals surface area contributed by atoms with Crippen LogP contribution in [-0.2, 0) is 0 Å². The SMILES string of the molecule is O=C(Nc1cc(-c2ccc(F)cc2)ccc1C(=O)O)c1ccc(NCC23CC4CC(CC(C4)C2)C3)c([N+](=O)[O-])c1. The number of rotatable bonds is 8. The molecule has 0 atom stereocenters. The van der Waals surface area contributed by atoms with Crippen LogP contribution in [0.4, 0.5) is 21.5 Å². The molecule has 206 valence electrons. The lowest BCUT2D eigenvalue weighted by atomic mass is 9.49. The number of carboxylic acid groups (broad SMARTS) is 1. The molecule has 9 heteroatoms. The molecule has 0 spiro atoms. The first-order valence-corrected chi connectivity index (χ1v) is 13.6. The highest BCUT2D eigenvalue weighted by Crippen LogP contribution is 2.60. The number of carbonyl (C=O) groups excluding carboxylic acids is 1. The molecule has 0 saturated heterocycles. The van der Waals surface area contributed by atoms with Crippen molar-refractivity contribution >= 4 is 28.9 Å². The molecule has 0 unspecified atom stereocenters. The van der Waals surface area contributed by atoms with Gasteiger partial charge in [-0.2, -0.15) is 0 Å². The highest BCUT2D eigenvalue weighted by Gasteiger charge is 2.50. The van der Waals surface area contributed by atoms with Crippen molar-refractivity contribution in [3.63, 3.8) is 0 Å². The molecule has 8 nitrogen and oxygen atoms in total. The van der Waals surface area contributed by atoms with Gasteiger partial charge in [0, 0.05) is 18.2 Å². The van der Waals surface area contributed by atoms with E-state index in [1.54, 1.807) is 24.3 Å². The van der Waals surface area contributed by atoms with Gasteiger partial charge in [0.15, 0.2) is 0 Å². The van der Waals surface area contributed by atoms with E-state index in [-0.39, 0.29) is 27.9 Å². The van der Waals surface area contributed by atoms with Crippen LogP contribution in [0.15, 0.2) is 60.7 Å². The highest BCUT2D eigenvalue weighted by molar-refractivity contribution is 6.08. The number of nitrogens with zero attached hydrogens (tertiary/aromatic N) is 1. The van der Waals surface area contributed by atoms with Crippen LogP contribution < -0.4 is 10.6 Å². The van der Waals surface area contributed by atoms with E-state index in [9.17, 15) is 29.2 Å². The lowest BCUT2D eigenvalue weighted by molar-refractivity contribution is -0.384. The number of nitro groups is 1. The summed E-state index contributed by atoms with van der Waals surface area (Å²) >= 11 is 0. The van der Waals surface area contributed by atoms with E-state index in [2.05, 4.69) is 10.6 Å². The van der Waals surface area contributed by atoms with E-state index >= 15 is 0 Å². The number of anilines is 2. The zero-order chi connectivity index (χ0) is 28.0. The van der Waals surface area contributed by atoms with Crippen molar-refractivity contribution in [3.05, 3.63) is 87.7 Å². The third-order valence-corrected chi connectivity index (χ3v) is 8.95. The van der Waals surface area contributed by atoms with Crippen LogP contribution in [0, 0.1) is 39.1 Å². The minimum absolute atomic E-state index is 0.0333. The van der Waals surface area contributed by atoms with Crippen LogP contribution in [0.3, 0.4) is 0 Å². The van der Waals surface area contributed by atoms with Gasteiger partial charge in [-0.1, -0.05) is 18.2 Å². The summed E-state index contributed by atoms with van der Waals surface area (Å²) in [5, 5.41) is 27.6. The second-order valence-electron chi connectivity index (χ2n) is 11.8. The number of nitro benzene ring substituents is 1.